The van der Waals surface area contributed by atoms with Gasteiger partial charge >= 0.3 is 0 Å². The highest BCUT2D eigenvalue weighted by Gasteiger charge is 2.27. The summed E-state index contributed by atoms with van der Waals surface area (Å²) in [6, 6.07) is 71.6. The van der Waals surface area contributed by atoms with Gasteiger partial charge in [-0.3, -0.25) is 4.98 Å². The second-order valence-corrected chi connectivity index (χ2v) is 16.1. The zero-order valence-corrected chi connectivity index (χ0v) is 33.2. The molecule has 10 aromatic rings. The van der Waals surface area contributed by atoms with Gasteiger partial charge in [-0.15, -0.1) is 0 Å². The largest absolute Gasteiger partial charge is 0.310 e. The summed E-state index contributed by atoms with van der Waals surface area (Å²) in [4.78, 5) is 10.1. The molecule has 1 aromatic heterocycles. The number of pyridine rings is 1. The fraction of sp³-hybridized carbons (Fsp3) is 0.0702. The zero-order chi connectivity index (χ0) is 39.6. The molecular weight excluding hydrogens is 727 g/mol. The molecule has 0 atom stereocenters. The predicted octanol–water partition coefficient (Wildman–Crippen LogP) is 15.0. The standard InChI is InChI=1S/C57H41N3/c1-3-17-44(18-4-1)59-51-25-13-7-15-38(51)27-29-40-31-33-42(35-53(40)59)55-46-21-9-10-22-47(46)56(57-48-23-11-12-24-50(48)58-37-49(55)57)43-34-32-41-30-28-39-16-8-14-26-52(39)60(54(41)36-43)45-19-5-2-6-20-45/h1-26,31-37H,27-30H2. The van der Waals surface area contributed by atoms with Gasteiger partial charge in [0, 0.05) is 56.5 Å². The van der Waals surface area contributed by atoms with Crippen LogP contribution in [0.2, 0.25) is 0 Å². The third-order valence-electron chi connectivity index (χ3n) is 12.8. The second-order valence-electron chi connectivity index (χ2n) is 16.1. The first-order valence-electron chi connectivity index (χ1n) is 21.1. The van der Waals surface area contributed by atoms with Crippen molar-refractivity contribution in [3.63, 3.8) is 0 Å². The van der Waals surface area contributed by atoms with Crippen molar-refractivity contribution >= 4 is 66.6 Å². The molecule has 3 nitrogen and oxygen atoms in total. The molecule has 0 fully saturated rings. The summed E-state index contributed by atoms with van der Waals surface area (Å²) >= 11 is 0. The molecule has 0 radical (unpaired) electrons. The Bertz CT molecular complexity index is 3280. The van der Waals surface area contributed by atoms with Crippen LogP contribution in [0.5, 0.6) is 0 Å². The number of rotatable bonds is 4. The monoisotopic (exact) mass is 767 g/mol. The number of fused-ring (bicyclic) bond motifs is 8. The molecule has 3 heterocycles. The van der Waals surface area contributed by atoms with Gasteiger partial charge in [-0.05, 0) is 136 Å². The van der Waals surface area contributed by atoms with E-state index in [9.17, 15) is 0 Å². The minimum Gasteiger partial charge on any atom is -0.310 e. The van der Waals surface area contributed by atoms with E-state index in [0.29, 0.717) is 0 Å². The van der Waals surface area contributed by atoms with Crippen LogP contribution in [0.1, 0.15) is 22.3 Å². The van der Waals surface area contributed by atoms with Crippen LogP contribution >= 0.6 is 0 Å². The maximum Gasteiger partial charge on any atom is 0.0708 e. The first kappa shape index (κ1) is 34.5. The molecule has 0 N–H and O–H groups in total. The Morgan fingerprint density at radius 1 is 0.333 bits per heavy atom. The SMILES string of the molecule is c1ccc(N2c3ccccc3CCc3ccc(-c4c5ccccc5c(-c5ccc6c(c5)N(c5ccccc5)c5ccccc5CC6)c5c4cnc4ccccc45)cc32)cc1. The van der Waals surface area contributed by atoms with E-state index in [2.05, 4.69) is 210 Å². The van der Waals surface area contributed by atoms with Crippen molar-refractivity contribution in [2.24, 2.45) is 0 Å². The number of anilines is 6. The van der Waals surface area contributed by atoms with Gasteiger partial charge in [0.1, 0.15) is 0 Å². The van der Waals surface area contributed by atoms with Crippen LogP contribution < -0.4 is 9.80 Å². The van der Waals surface area contributed by atoms with E-state index in [4.69, 9.17) is 4.98 Å². The summed E-state index contributed by atoms with van der Waals surface area (Å²) in [5.74, 6) is 0. The van der Waals surface area contributed by atoms with Crippen molar-refractivity contribution < 1.29 is 0 Å². The van der Waals surface area contributed by atoms with Crippen LogP contribution in [0.3, 0.4) is 0 Å². The summed E-state index contributed by atoms with van der Waals surface area (Å²) in [6.45, 7) is 0. The number of hydrogen-bond acceptors (Lipinski definition) is 3. The fourth-order valence-corrected chi connectivity index (χ4v) is 10.1. The number of para-hydroxylation sites is 5. The molecule has 0 saturated carbocycles. The van der Waals surface area contributed by atoms with E-state index in [-0.39, 0.29) is 0 Å². The van der Waals surface area contributed by atoms with E-state index < -0.39 is 0 Å². The third-order valence-corrected chi connectivity index (χ3v) is 12.8. The Balaban J connectivity index is 1.14. The average Bonchev–Trinajstić information content (AvgIpc) is 3.59. The molecule has 60 heavy (non-hydrogen) atoms. The van der Waals surface area contributed by atoms with E-state index in [1.807, 2.05) is 0 Å². The number of aryl methyl sites for hydroxylation is 4. The van der Waals surface area contributed by atoms with Crippen molar-refractivity contribution in [2.45, 2.75) is 25.7 Å². The molecular formula is C57H41N3. The van der Waals surface area contributed by atoms with E-state index in [1.165, 1.54) is 94.8 Å². The Kier molecular flexibility index (Phi) is 8.12. The first-order chi connectivity index (χ1) is 29.8. The van der Waals surface area contributed by atoms with Crippen LogP contribution in [-0.4, -0.2) is 4.98 Å². The van der Waals surface area contributed by atoms with Gasteiger partial charge in [0.2, 0.25) is 0 Å². The predicted molar refractivity (Wildman–Crippen MR) is 252 cm³/mol. The number of aromatic nitrogens is 1. The van der Waals surface area contributed by atoms with Gasteiger partial charge in [-0.1, -0.05) is 140 Å². The minimum absolute atomic E-state index is 0.978. The van der Waals surface area contributed by atoms with Crippen molar-refractivity contribution in [1.82, 2.24) is 4.98 Å². The van der Waals surface area contributed by atoms with Crippen LogP contribution in [0.25, 0.3) is 54.7 Å². The van der Waals surface area contributed by atoms with E-state index in [0.717, 1.165) is 42.0 Å². The van der Waals surface area contributed by atoms with Gasteiger partial charge in [-0.2, -0.15) is 0 Å². The van der Waals surface area contributed by atoms with Gasteiger partial charge < -0.3 is 9.80 Å². The number of nitrogens with zero attached hydrogens (tertiary/aromatic N) is 3. The molecule has 2 aliphatic rings. The van der Waals surface area contributed by atoms with Crippen molar-refractivity contribution in [1.29, 1.82) is 0 Å². The topological polar surface area (TPSA) is 19.4 Å². The maximum atomic E-state index is 5.17. The highest BCUT2D eigenvalue weighted by atomic mass is 15.2. The maximum absolute atomic E-state index is 5.17. The first-order valence-corrected chi connectivity index (χ1v) is 21.1. The highest BCUT2D eigenvalue weighted by Crippen LogP contribution is 2.50. The van der Waals surface area contributed by atoms with Crippen LogP contribution in [0.15, 0.2) is 200 Å². The van der Waals surface area contributed by atoms with E-state index in [1.54, 1.807) is 0 Å². The lowest BCUT2D eigenvalue weighted by molar-refractivity contribution is 0.978. The number of benzene rings is 9. The molecule has 0 amide bonds. The molecule has 0 saturated heterocycles. The molecule has 0 bridgehead atoms. The third kappa shape index (κ3) is 5.54. The molecule has 2 aliphatic heterocycles. The van der Waals surface area contributed by atoms with Crippen LogP contribution in [-0.2, 0) is 25.7 Å². The van der Waals surface area contributed by atoms with Crippen LogP contribution in [0.4, 0.5) is 34.1 Å². The normalized spacial score (nSPS) is 13.3. The van der Waals surface area contributed by atoms with Gasteiger partial charge in [0.15, 0.2) is 0 Å². The fourth-order valence-electron chi connectivity index (χ4n) is 10.1. The smallest absolute Gasteiger partial charge is 0.0708 e. The van der Waals surface area contributed by atoms with Gasteiger partial charge in [0.05, 0.1) is 5.52 Å². The Morgan fingerprint density at radius 2 is 0.767 bits per heavy atom. The summed E-state index contributed by atoms with van der Waals surface area (Å²) in [6.07, 6.45) is 6.08. The van der Waals surface area contributed by atoms with Crippen LogP contribution in [0, 0.1) is 0 Å². The second kappa shape index (κ2) is 14.1. The zero-order valence-electron chi connectivity index (χ0n) is 33.2. The number of hydrogen-bond donors (Lipinski definition) is 0. The molecule has 0 unspecified atom stereocenters. The minimum atomic E-state index is 0.978. The molecule has 284 valence electrons. The molecule has 3 heteroatoms. The average molecular weight is 768 g/mol. The van der Waals surface area contributed by atoms with Crippen molar-refractivity contribution in [2.75, 3.05) is 9.80 Å². The lowest BCUT2D eigenvalue weighted by Gasteiger charge is -2.28. The molecule has 0 spiro atoms. The highest BCUT2D eigenvalue weighted by molar-refractivity contribution is 6.27. The summed E-state index contributed by atoms with van der Waals surface area (Å²) in [5, 5.41) is 6.00. The lowest BCUT2D eigenvalue weighted by atomic mass is 9.84. The van der Waals surface area contributed by atoms with E-state index >= 15 is 0 Å². The van der Waals surface area contributed by atoms with Gasteiger partial charge in [0.25, 0.3) is 0 Å². The lowest BCUT2D eigenvalue weighted by Crippen LogP contribution is -2.12. The van der Waals surface area contributed by atoms with Crippen molar-refractivity contribution in [3.8, 4) is 22.3 Å². The Hall–Kier alpha value is -7.49. The van der Waals surface area contributed by atoms with Gasteiger partial charge in [-0.25, -0.2) is 0 Å². The molecule has 9 aromatic carbocycles. The summed E-state index contributed by atoms with van der Waals surface area (Å²) < 4.78 is 0. The summed E-state index contributed by atoms with van der Waals surface area (Å²) in [5.41, 5.74) is 18.6. The Morgan fingerprint density at radius 3 is 1.33 bits per heavy atom. The van der Waals surface area contributed by atoms with Crippen molar-refractivity contribution in [3.05, 3.63) is 223 Å². The summed E-state index contributed by atoms with van der Waals surface area (Å²) in [7, 11) is 0. The Labute approximate surface area is 350 Å². The molecule has 0 aliphatic carbocycles. The quantitative estimate of drug-likeness (QED) is 0.131. The molecule has 12 rings (SSSR count).